The first-order valence-electron chi connectivity index (χ1n) is 9.56. The summed E-state index contributed by atoms with van der Waals surface area (Å²) in [6, 6.07) is 9.91. The number of aromatic nitrogens is 2. The second-order valence-corrected chi connectivity index (χ2v) is 7.73. The predicted octanol–water partition coefficient (Wildman–Crippen LogP) is 2.29. The van der Waals surface area contributed by atoms with Crippen LogP contribution in [0, 0.1) is 5.82 Å². The summed E-state index contributed by atoms with van der Waals surface area (Å²) in [7, 11) is 0. The van der Waals surface area contributed by atoms with Gasteiger partial charge in [-0.3, -0.25) is 9.59 Å². The van der Waals surface area contributed by atoms with E-state index in [0.717, 1.165) is 0 Å². The van der Waals surface area contributed by atoms with Crippen LogP contribution in [0.4, 0.5) is 4.39 Å². The van der Waals surface area contributed by atoms with Crippen molar-refractivity contribution in [3.63, 3.8) is 0 Å². The zero-order chi connectivity index (χ0) is 21.3. The van der Waals surface area contributed by atoms with E-state index >= 15 is 0 Å². The number of likely N-dealkylation sites (tertiary alicyclic amines) is 1. The van der Waals surface area contributed by atoms with Crippen LogP contribution >= 0.6 is 11.6 Å². The van der Waals surface area contributed by atoms with Gasteiger partial charge < -0.3 is 20.3 Å². The van der Waals surface area contributed by atoms with Crippen LogP contribution < -0.4 is 5.32 Å². The van der Waals surface area contributed by atoms with E-state index < -0.39 is 18.1 Å². The Balaban J connectivity index is 1.56. The van der Waals surface area contributed by atoms with Crippen LogP contribution in [0.3, 0.4) is 0 Å². The number of amides is 2. The first-order valence-corrected chi connectivity index (χ1v) is 9.94. The van der Waals surface area contributed by atoms with Crippen molar-refractivity contribution in [2.24, 2.45) is 0 Å². The molecule has 156 valence electrons. The van der Waals surface area contributed by atoms with Gasteiger partial charge in [-0.05, 0) is 42.3 Å². The molecule has 0 saturated carbocycles. The first kappa shape index (κ1) is 20.3. The molecular formula is C21H20ClFN4O3. The summed E-state index contributed by atoms with van der Waals surface area (Å²) in [5.74, 6) is -1.14. The third-order valence-electron chi connectivity index (χ3n) is 5.12. The van der Waals surface area contributed by atoms with Gasteiger partial charge in [0.2, 0.25) is 5.91 Å². The van der Waals surface area contributed by atoms with Crippen molar-refractivity contribution < 1.29 is 19.1 Å². The molecule has 9 heteroatoms. The van der Waals surface area contributed by atoms with Gasteiger partial charge in [0.05, 0.1) is 6.10 Å². The Morgan fingerprint density at radius 1 is 1.30 bits per heavy atom. The Morgan fingerprint density at radius 2 is 2.07 bits per heavy atom. The molecule has 3 aromatic rings. The molecule has 3 N–H and O–H groups in total. The van der Waals surface area contributed by atoms with Crippen LogP contribution in [0.15, 0.2) is 42.5 Å². The molecule has 30 heavy (non-hydrogen) atoms. The highest BCUT2D eigenvalue weighted by Gasteiger charge is 2.31. The van der Waals surface area contributed by atoms with E-state index in [1.165, 1.54) is 17.0 Å². The maximum atomic E-state index is 13.2. The maximum absolute atomic E-state index is 13.2. The quantitative estimate of drug-likeness (QED) is 0.541. The van der Waals surface area contributed by atoms with Gasteiger partial charge in [0, 0.05) is 24.9 Å². The number of β-amino-alcohol motifs (C(OH)–C–C–N with tert-alkyl or cyclic N) is 1. The van der Waals surface area contributed by atoms with Crippen LogP contribution in [0.25, 0.3) is 11.0 Å². The third kappa shape index (κ3) is 4.44. The molecule has 1 saturated heterocycles. The lowest BCUT2D eigenvalue weighted by Gasteiger charge is -2.24. The largest absolute Gasteiger partial charge is 0.391 e. The number of fused-ring (bicyclic) bond motifs is 1. The third-order valence-corrected chi connectivity index (χ3v) is 5.33. The molecule has 1 aliphatic heterocycles. The Hall–Kier alpha value is -2.97. The van der Waals surface area contributed by atoms with Crippen molar-refractivity contribution in [2.75, 3.05) is 13.1 Å². The summed E-state index contributed by atoms with van der Waals surface area (Å²) in [5, 5.41) is 13.5. The molecule has 2 amide bonds. The molecule has 0 spiro atoms. The summed E-state index contributed by atoms with van der Waals surface area (Å²) in [6.07, 6.45) is 0.125. The van der Waals surface area contributed by atoms with Crippen LogP contribution in [-0.2, 0) is 11.2 Å². The van der Waals surface area contributed by atoms with Crippen molar-refractivity contribution in [1.82, 2.24) is 20.2 Å². The molecule has 0 radical (unpaired) electrons. The van der Waals surface area contributed by atoms with E-state index in [9.17, 15) is 19.1 Å². The highest BCUT2D eigenvalue weighted by Crippen LogP contribution is 2.18. The number of pyridine rings is 1. The van der Waals surface area contributed by atoms with Crippen LogP contribution in [0.2, 0.25) is 5.15 Å². The number of aliphatic hydroxyl groups excluding tert-OH is 1. The van der Waals surface area contributed by atoms with E-state index in [4.69, 9.17) is 11.6 Å². The second kappa shape index (κ2) is 8.41. The van der Waals surface area contributed by atoms with E-state index in [0.29, 0.717) is 34.7 Å². The number of benzene rings is 1. The molecule has 2 atom stereocenters. The van der Waals surface area contributed by atoms with E-state index in [1.54, 1.807) is 30.3 Å². The number of carbonyl (C=O) groups excluding carboxylic acids is 2. The molecule has 1 fully saturated rings. The summed E-state index contributed by atoms with van der Waals surface area (Å²) in [4.78, 5) is 34.5. The van der Waals surface area contributed by atoms with Gasteiger partial charge in [0.25, 0.3) is 5.91 Å². The van der Waals surface area contributed by atoms with Gasteiger partial charge in [0.15, 0.2) is 0 Å². The van der Waals surface area contributed by atoms with Crippen molar-refractivity contribution in [3.8, 4) is 0 Å². The number of nitrogens with one attached hydrogen (secondary N) is 2. The SMILES string of the molecule is O=C(N[C@@H](Cc1ccc(F)cc1)C(=O)N1CCC(O)C1)c1cc2ccc(Cl)nc2[nH]1. The zero-order valence-electron chi connectivity index (χ0n) is 15.9. The molecule has 7 nitrogen and oxygen atoms in total. The topological polar surface area (TPSA) is 98.3 Å². The van der Waals surface area contributed by atoms with Crippen LogP contribution in [0.5, 0.6) is 0 Å². The molecule has 4 rings (SSSR count). The normalized spacial score (nSPS) is 17.3. The number of hydrogen-bond acceptors (Lipinski definition) is 4. The molecule has 0 bridgehead atoms. The Kier molecular flexibility index (Phi) is 5.69. The molecule has 1 unspecified atom stereocenters. The molecule has 3 heterocycles. The number of H-pyrrole nitrogens is 1. The Morgan fingerprint density at radius 3 is 2.77 bits per heavy atom. The minimum absolute atomic E-state index is 0.196. The van der Waals surface area contributed by atoms with Crippen molar-refractivity contribution in [3.05, 3.63) is 64.7 Å². The van der Waals surface area contributed by atoms with E-state index in [1.807, 2.05) is 0 Å². The number of hydrogen-bond donors (Lipinski definition) is 3. The fourth-order valence-corrected chi connectivity index (χ4v) is 3.71. The number of carbonyl (C=O) groups is 2. The maximum Gasteiger partial charge on any atom is 0.268 e. The van der Waals surface area contributed by atoms with Crippen molar-refractivity contribution >= 4 is 34.4 Å². The lowest BCUT2D eigenvalue weighted by atomic mass is 10.0. The zero-order valence-corrected chi connectivity index (χ0v) is 16.7. The van der Waals surface area contributed by atoms with Crippen molar-refractivity contribution in [1.29, 1.82) is 0 Å². The van der Waals surface area contributed by atoms with Gasteiger partial charge in [-0.1, -0.05) is 23.7 Å². The fraction of sp³-hybridized carbons (Fsp3) is 0.286. The molecule has 1 aliphatic rings. The minimum Gasteiger partial charge on any atom is -0.391 e. The molecule has 1 aromatic carbocycles. The van der Waals surface area contributed by atoms with Crippen LogP contribution in [0.1, 0.15) is 22.5 Å². The number of halogens is 2. The van der Waals surface area contributed by atoms with Gasteiger partial charge >= 0.3 is 0 Å². The smallest absolute Gasteiger partial charge is 0.268 e. The molecule has 0 aliphatic carbocycles. The van der Waals surface area contributed by atoms with Gasteiger partial charge in [-0.25, -0.2) is 9.37 Å². The van der Waals surface area contributed by atoms with Gasteiger partial charge in [-0.15, -0.1) is 0 Å². The van der Waals surface area contributed by atoms with Crippen molar-refractivity contribution in [2.45, 2.75) is 25.0 Å². The lowest BCUT2D eigenvalue weighted by molar-refractivity contribution is -0.132. The van der Waals surface area contributed by atoms with E-state index in [2.05, 4.69) is 15.3 Å². The minimum atomic E-state index is -0.865. The summed E-state index contributed by atoms with van der Waals surface area (Å²) < 4.78 is 13.2. The van der Waals surface area contributed by atoms with E-state index in [-0.39, 0.29) is 30.4 Å². The van der Waals surface area contributed by atoms with Gasteiger partial charge in [-0.2, -0.15) is 0 Å². The highest BCUT2D eigenvalue weighted by atomic mass is 35.5. The number of aromatic amines is 1. The lowest BCUT2D eigenvalue weighted by Crippen LogP contribution is -2.49. The Bertz CT molecular complexity index is 1090. The highest BCUT2D eigenvalue weighted by molar-refractivity contribution is 6.29. The number of nitrogens with zero attached hydrogens (tertiary/aromatic N) is 2. The summed E-state index contributed by atoms with van der Waals surface area (Å²) >= 11 is 5.89. The molecular weight excluding hydrogens is 411 g/mol. The van der Waals surface area contributed by atoms with Gasteiger partial charge in [0.1, 0.15) is 28.4 Å². The summed E-state index contributed by atoms with van der Waals surface area (Å²) in [6.45, 7) is 0.647. The predicted molar refractivity (Wildman–Crippen MR) is 110 cm³/mol. The number of aliphatic hydroxyl groups is 1. The fourth-order valence-electron chi connectivity index (χ4n) is 3.56. The Labute approximate surface area is 176 Å². The van der Waals surface area contributed by atoms with Crippen LogP contribution in [-0.4, -0.2) is 57.0 Å². The average molecular weight is 431 g/mol. The first-order chi connectivity index (χ1) is 14.4. The average Bonchev–Trinajstić information content (AvgIpc) is 3.34. The standard InChI is InChI=1S/C21H20ClFN4O3/c22-18-6-3-13-10-16(24-19(13)26-18)20(29)25-17(9-12-1-4-14(23)5-2-12)21(30)27-8-7-15(28)11-27/h1-6,10,15,17,28H,7-9,11H2,(H,24,26)(H,25,29)/t15?,17-/m0/s1. The molecule has 2 aromatic heterocycles. The number of rotatable bonds is 5. The summed E-state index contributed by atoms with van der Waals surface area (Å²) in [5.41, 5.74) is 1.43. The second-order valence-electron chi connectivity index (χ2n) is 7.34. The monoisotopic (exact) mass is 430 g/mol.